The number of carboxylic acids is 1. The molecule has 1 amide bonds. The van der Waals surface area contributed by atoms with E-state index in [1.165, 1.54) is 12.1 Å². The molecule has 0 spiro atoms. The van der Waals surface area contributed by atoms with E-state index in [1.54, 1.807) is 0 Å². The van der Waals surface area contributed by atoms with E-state index in [4.69, 9.17) is 4.74 Å². The fourth-order valence-corrected chi connectivity index (χ4v) is 4.43. The number of nitrogens with zero attached hydrogens (tertiary/aromatic N) is 2. The summed E-state index contributed by atoms with van der Waals surface area (Å²) >= 11 is 0. The average Bonchev–Trinajstić information content (AvgIpc) is 3.46. The van der Waals surface area contributed by atoms with Gasteiger partial charge < -0.3 is 14.7 Å². The average molecular weight is 421 g/mol. The number of ether oxygens (including phenoxy) is 1. The van der Waals surface area contributed by atoms with E-state index in [0.717, 1.165) is 37.8 Å². The van der Waals surface area contributed by atoms with Crippen LogP contribution in [0.1, 0.15) is 75.2 Å². The Morgan fingerprint density at radius 1 is 1.20 bits per heavy atom. The van der Waals surface area contributed by atoms with Gasteiger partial charge in [-0.05, 0) is 77.5 Å². The van der Waals surface area contributed by atoms with Gasteiger partial charge in [0.2, 0.25) is 5.91 Å². The Bertz CT molecular complexity index is 784. The number of carbonyl (C=O) groups is 2. The van der Waals surface area contributed by atoms with Crippen LogP contribution in [0.25, 0.3) is 0 Å². The molecular weight excluding hydrogens is 387 g/mol. The number of carbonyl (C=O) groups excluding carboxylic acids is 1. The second-order valence-corrected chi connectivity index (χ2v) is 9.06. The number of hydrogen-bond donors (Lipinski definition) is 1. The van der Waals surface area contributed by atoms with Crippen molar-refractivity contribution in [3.05, 3.63) is 29.1 Å². The van der Waals surface area contributed by atoms with E-state index in [-0.39, 0.29) is 35.6 Å². The van der Waals surface area contributed by atoms with Crippen molar-refractivity contribution in [1.82, 2.24) is 9.80 Å². The first-order chi connectivity index (χ1) is 14.2. The molecule has 1 aliphatic heterocycles. The highest BCUT2D eigenvalue weighted by Gasteiger charge is 2.32. The first kappa shape index (κ1) is 22.5. The maximum absolute atomic E-state index is 14.3. The number of halogens is 1. The minimum absolute atomic E-state index is 0.108. The van der Waals surface area contributed by atoms with Gasteiger partial charge >= 0.3 is 5.97 Å². The van der Waals surface area contributed by atoms with Crippen LogP contribution in [-0.4, -0.2) is 64.6 Å². The number of benzene rings is 1. The van der Waals surface area contributed by atoms with Crippen LogP contribution in [0.5, 0.6) is 5.75 Å². The molecule has 0 bridgehead atoms. The third kappa shape index (κ3) is 5.31. The number of aromatic carboxylic acids is 1. The highest BCUT2D eigenvalue weighted by molar-refractivity contribution is 5.88. The molecule has 1 atom stereocenters. The Kier molecular flexibility index (Phi) is 7.01. The Labute approximate surface area is 178 Å². The lowest BCUT2D eigenvalue weighted by Crippen LogP contribution is -2.50. The molecule has 7 heteroatoms. The molecule has 1 aromatic carbocycles. The molecule has 1 N–H and O–H groups in total. The predicted octanol–water partition coefficient (Wildman–Crippen LogP) is 3.89. The standard InChI is InChI=1S/C23H33FN2O4/c1-14(2)26(15(3)4)22(27)13-25-9-5-6-17(12-25)30-21-11-20(24)19(23(28)29)10-18(21)16-7-8-16/h10-11,14-17H,5-9,12-13H2,1-4H3,(H,28,29). The second kappa shape index (κ2) is 9.33. The maximum atomic E-state index is 14.3. The number of amides is 1. The third-order valence-corrected chi connectivity index (χ3v) is 5.86. The van der Waals surface area contributed by atoms with Crippen molar-refractivity contribution in [1.29, 1.82) is 0 Å². The highest BCUT2D eigenvalue weighted by atomic mass is 19.1. The zero-order valence-corrected chi connectivity index (χ0v) is 18.4. The number of likely N-dealkylation sites (tertiary alicyclic amines) is 1. The lowest BCUT2D eigenvalue weighted by Gasteiger charge is -2.36. The fourth-order valence-electron chi connectivity index (χ4n) is 4.43. The van der Waals surface area contributed by atoms with E-state index >= 15 is 0 Å². The molecule has 166 valence electrons. The first-order valence-corrected chi connectivity index (χ1v) is 10.9. The van der Waals surface area contributed by atoms with E-state index in [1.807, 2.05) is 32.6 Å². The van der Waals surface area contributed by atoms with Gasteiger partial charge in [0.15, 0.2) is 0 Å². The number of rotatable bonds is 8. The fraction of sp³-hybridized carbons (Fsp3) is 0.652. The topological polar surface area (TPSA) is 70.1 Å². The number of piperidine rings is 1. The molecule has 1 unspecified atom stereocenters. The Morgan fingerprint density at radius 2 is 1.87 bits per heavy atom. The largest absolute Gasteiger partial charge is 0.489 e. The lowest BCUT2D eigenvalue weighted by atomic mass is 10.0. The Hall–Kier alpha value is -2.15. The zero-order valence-electron chi connectivity index (χ0n) is 18.4. The predicted molar refractivity (Wildman–Crippen MR) is 113 cm³/mol. The summed E-state index contributed by atoms with van der Waals surface area (Å²) in [6.07, 6.45) is 3.51. The van der Waals surface area contributed by atoms with Gasteiger partial charge in [0, 0.05) is 24.7 Å². The maximum Gasteiger partial charge on any atom is 0.338 e. The van der Waals surface area contributed by atoms with Crippen LogP contribution in [0.3, 0.4) is 0 Å². The number of carboxylic acid groups (broad SMARTS) is 1. The molecule has 2 aliphatic rings. The van der Waals surface area contributed by atoms with Crippen molar-refractivity contribution in [2.45, 2.75) is 77.5 Å². The molecule has 3 rings (SSSR count). The molecule has 1 aromatic rings. The number of hydrogen-bond acceptors (Lipinski definition) is 4. The quantitative estimate of drug-likeness (QED) is 0.691. The molecule has 0 aromatic heterocycles. The molecule has 6 nitrogen and oxygen atoms in total. The van der Waals surface area contributed by atoms with Crippen molar-refractivity contribution in [3.8, 4) is 5.75 Å². The summed E-state index contributed by atoms with van der Waals surface area (Å²) in [5.41, 5.74) is 0.482. The Morgan fingerprint density at radius 3 is 2.43 bits per heavy atom. The summed E-state index contributed by atoms with van der Waals surface area (Å²) in [6, 6.07) is 2.94. The van der Waals surface area contributed by atoms with Crippen LogP contribution in [-0.2, 0) is 4.79 Å². The van der Waals surface area contributed by atoms with E-state index in [2.05, 4.69) is 4.90 Å². The SMILES string of the molecule is CC(C)N(C(=O)CN1CCCC(Oc2cc(F)c(C(=O)O)cc2C2CC2)C1)C(C)C. The molecule has 30 heavy (non-hydrogen) atoms. The van der Waals surface area contributed by atoms with Crippen LogP contribution in [0.15, 0.2) is 12.1 Å². The van der Waals surface area contributed by atoms with Gasteiger partial charge in [-0.2, -0.15) is 0 Å². The summed E-state index contributed by atoms with van der Waals surface area (Å²) < 4.78 is 20.5. The van der Waals surface area contributed by atoms with E-state index in [0.29, 0.717) is 18.8 Å². The van der Waals surface area contributed by atoms with Crippen LogP contribution >= 0.6 is 0 Å². The van der Waals surface area contributed by atoms with Crippen molar-refractivity contribution in [2.75, 3.05) is 19.6 Å². The van der Waals surface area contributed by atoms with Crippen molar-refractivity contribution in [3.63, 3.8) is 0 Å². The van der Waals surface area contributed by atoms with E-state index in [9.17, 15) is 19.1 Å². The summed E-state index contributed by atoms with van der Waals surface area (Å²) in [5, 5.41) is 9.22. The third-order valence-electron chi connectivity index (χ3n) is 5.86. The van der Waals surface area contributed by atoms with Crippen LogP contribution in [0, 0.1) is 5.82 Å². The van der Waals surface area contributed by atoms with Crippen molar-refractivity contribution >= 4 is 11.9 Å². The van der Waals surface area contributed by atoms with Crippen LogP contribution < -0.4 is 4.74 Å². The monoisotopic (exact) mass is 420 g/mol. The summed E-state index contributed by atoms with van der Waals surface area (Å²) in [4.78, 5) is 28.1. The summed E-state index contributed by atoms with van der Waals surface area (Å²) in [5.74, 6) is -1.23. The first-order valence-electron chi connectivity index (χ1n) is 10.9. The van der Waals surface area contributed by atoms with Gasteiger partial charge in [0.1, 0.15) is 17.7 Å². The molecule has 1 saturated heterocycles. The Balaban J connectivity index is 1.69. The van der Waals surface area contributed by atoms with Gasteiger partial charge in [0.25, 0.3) is 0 Å². The van der Waals surface area contributed by atoms with Crippen LogP contribution in [0.2, 0.25) is 0 Å². The summed E-state index contributed by atoms with van der Waals surface area (Å²) in [6.45, 7) is 9.87. The second-order valence-electron chi connectivity index (χ2n) is 9.06. The molecule has 1 aliphatic carbocycles. The van der Waals surface area contributed by atoms with Gasteiger partial charge in [-0.1, -0.05) is 0 Å². The van der Waals surface area contributed by atoms with Crippen LogP contribution in [0.4, 0.5) is 4.39 Å². The van der Waals surface area contributed by atoms with Gasteiger partial charge in [-0.25, -0.2) is 9.18 Å². The molecule has 0 radical (unpaired) electrons. The smallest absolute Gasteiger partial charge is 0.338 e. The summed E-state index contributed by atoms with van der Waals surface area (Å²) in [7, 11) is 0. The molecule has 1 saturated carbocycles. The lowest BCUT2D eigenvalue weighted by molar-refractivity contribution is -0.136. The molecular formula is C23H33FN2O4. The highest BCUT2D eigenvalue weighted by Crippen LogP contribution is 2.45. The zero-order chi connectivity index (χ0) is 22.0. The minimum Gasteiger partial charge on any atom is -0.489 e. The molecule has 1 heterocycles. The van der Waals surface area contributed by atoms with Crippen molar-refractivity contribution in [2.24, 2.45) is 0 Å². The minimum atomic E-state index is -1.26. The van der Waals surface area contributed by atoms with Gasteiger partial charge in [-0.15, -0.1) is 0 Å². The normalized spacial score (nSPS) is 19.9. The van der Waals surface area contributed by atoms with Crippen molar-refractivity contribution < 1.29 is 23.8 Å². The van der Waals surface area contributed by atoms with E-state index < -0.39 is 11.8 Å². The molecule has 2 fully saturated rings. The van der Waals surface area contributed by atoms with Gasteiger partial charge in [0.05, 0.1) is 12.1 Å². The van der Waals surface area contributed by atoms with Gasteiger partial charge in [-0.3, -0.25) is 9.69 Å².